The predicted octanol–water partition coefficient (Wildman–Crippen LogP) is 3.17. The maximum absolute atomic E-state index is 13.5. The number of hydrogen-bond donors (Lipinski definition) is 1. The zero-order chi connectivity index (χ0) is 12.8. The molecule has 17 heavy (non-hydrogen) atoms. The van der Waals surface area contributed by atoms with Gasteiger partial charge in [0.25, 0.3) is 0 Å². The van der Waals surface area contributed by atoms with Crippen molar-refractivity contribution in [3.8, 4) is 12.3 Å². The molecule has 0 heterocycles. The van der Waals surface area contributed by atoms with E-state index in [-0.39, 0.29) is 12.0 Å². The monoisotopic (exact) mass is 241 g/mol. The van der Waals surface area contributed by atoms with Crippen LogP contribution in [0.3, 0.4) is 0 Å². The van der Waals surface area contributed by atoms with Crippen molar-refractivity contribution in [3.63, 3.8) is 0 Å². The first-order chi connectivity index (χ1) is 8.11. The molecule has 0 aliphatic carbocycles. The quantitative estimate of drug-likeness (QED) is 0.616. The molecule has 0 saturated carbocycles. The fraction of sp³-hybridized carbons (Fsp3) is 0.385. The van der Waals surface area contributed by atoms with Gasteiger partial charge in [0.15, 0.2) is 17.5 Å². The summed E-state index contributed by atoms with van der Waals surface area (Å²) >= 11 is 0. The Morgan fingerprint density at radius 2 is 2.00 bits per heavy atom. The Morgan fingerprint density at radius 1 is 1.29 bits per heavy atom. The summed E-state index contributed by atoms with van der Waals surface area (Å²) in [5.74, 6) is -1.43. The highest BCUT2D eigenvalue weighted by Gasteiger charge is 2.19. The lowest BCUT2D eigenvalue weighted by molar-refractivity contribution is 0.425. The van der Waals surface area contributed by atoms with Crippen LogP contribution in [0.1, 0.15) is 31.4 Å². The molecule has 92 valence electrons. The van der Waals surface area contributed by atoms with Crippen molar-refractivity contribution in [1.29, 1.82) is 0 Å². The van der Waals surface area contributed by atoms with Crippen LogP contribution in [-0.4, -0.2) is 6.54 Å². The van der Waals surface area contributed by atoms with Crippen LogP contribution in [0.5, 0.6) is 0 Å². The molecule has 1 rings (SSSR count). The number of benzene rings is 1. The summed E-state index contributed by atoms with van der Waals surface area (Å²) in [6.07, 6.45) is 6.24. The van der Waals surface area contributed by atoms with Crippen molar-refractivity contribution in [2.45, 2.75) is 25.8 Å². The van der Waals surface area contributed by atoms with Gasteiger partial charge in [-0.15, -0.1) is 12.3 Å². The van der Waals surface area contributed by atoms with Crippen molar-refractivity contribution in [1.82, 2.24) is 5.32 Å². The van der Waals surface area contributed by atoms with E-state index in [9.17, 15) is 13.2 Å². The minimum atomic E-state index is -1.46. The number of terminal acetylenes is 1. The number of nitrogens with one attached hydrogen (secondary N) is 1. The van der Waals surface area contributed by atoms with Crippen LogP contribution in [0.15, 0.2) is 12.1 Å². The molecule has 0 amide bonds. The first-order valence-corrected chi connectivity index (χ1v) is 5.42. The largest absolute Gasteiger partial charge is 0.309 e. The molecule has 0 saturated heterocycles. The average Bonchev–Trinajstić information content (AvgIpc) is 2.32. The van der Waals surface area contributed by atoms with E-state index in [1.807, 2.05) is 6.92 Å². The summed E-state index contributed by atoms with van der Waals surface area (Å²) < 4.78 is 39.4. The molecule has 1 atom stereocenters. The summed E-state index contributed by atoms with van der Waals surface area (Å²) in [6, 6.07) is 1.64. The zero-order valence-corrected chi connectivity index (χ0v) is 9.56. The Kier molecular flexibility index (Phi) is 5.05. The average molecular weight is 241 g/mol. The normalized spacial score (nSPS) is 12.2. The highest BCUT2D eigenvalue weighted by atomic mass is 19.2. The third-order valence-corrected chi connectivity index (χ3v) is 2.40. The van der Waals surface area contributed by atoms with E-state index in [4.69, 9.17) is 6.42 Å². The summed E-state index contributed by atoms with van der Waals surface area (Å²) in [7, 11) is 0. The fourth-order valence-corrected chi connectivity index (χ4v) is 1.54. The Bertz CT molecular complexity index is 423. The minimum Gasteiger partial charge on any atom is -0.309 e. The first kappa shape index (κ1) is 13.6. The Labute approximate surface area is 99.0 Å². The van der Waals surface area contributed by atoms with Gasteiger partial charge in [-0.05, 0) is 19.0 Å². The van der Waals surface area contributed by atoms with Crippen LogP contribution in [0, 0.1) is 29.8 Å². The van der Waals surface area contributed by atoms with E-state index in [2.05, 4.69) is 11.2 Å². The van der Waals surface area contributed by atoms with Gasteiger partial charge in [0.05, 0.1) is 0 Å². The molecule has 1 nitrogen and oxygen atoms in total. The minimum absolute atomic E-state index is 0.0651. The van der Waals surface area contributed by atoms with Crippen molar-refractivity contribution in [3.05, 3.63) is 35.1 Å². The molecular formula is C13H14F3N. The van der Waals surface area contributed by atoms with E-state index < -0.39 is 23.5 Å². The molecule has 1 N–H and O–H groups in total. The lowest BCUT2D eigenvalue weighted by Crippen LogP contribution is -2.23. The zero-order valence-electron chi connectivity index (χ0n) is 9.56. The van der Waals surface area contributed by atoms with E-state index in [1.165, 1.54) is 6.07 Å². The second-order valence-corrected chi connectivity index (χ2v) is 3.68. The van der Waals surface area contributed by atoms with E-state index in [0.717, 1.165) is 12.5 Å². The first-order valence-electron chi connectivity index (χ1n) is 5.42. The summed E-state index contributed by atoms with van der Waals surface area (Å²) in [5, 5.41) is 3.00. The van der Waals surface area contributed by atoms with E-state index in [0.29, 0.717) is 6.54 Å². The predicted molar refractivity (Wildman–Crippen MR) is 60.8 cm³/mol. The molecule has 0 aliphatic heterocycles. The van der Waals surface area contributed by atoms with E-state index in [1.54, 1.807) is 0 Å². The van der Waals surface area contributed by atoms with Gasteiger partial charge in [-0.3, -0.25) is 0 Å². The molecule has 0 fully saturated rings. The number of rotatable bonds is 5. The second kappa shape index (κ2) is 6.31. The topological polar surface area (TPSA) is 12.0 Å². The van der Waals surface area contributed by atoms with E-state index >= 15 is 0 Å². The number of halogens is 3. The van der Waals surface area contributed by atoms with Crippen LogP contribution in [0.25, 0.3) is 0 Å². The SMILES string of the molecule is C#CCC(NCCC)c1ccc(F)c(F)c1F. The van der Waals surface area contributed by atoms with Gasteiger partial charge in [0.2, 0.25) is 0 Å². The summed E-state index contributed by atoms with van der Waals surface area (Å²) in [4.78, 5) is 0. The summed E-state index contributed by atoms with van der Waals surface area (Å²) in [5.41, 5.74) is 0.0651. The highest BCUT2D eigenvalue weighted by molar-refractivity contribution is 5.24. The van der Waals surface area contributed by atoms with Gasteiger partial charge >= 0.3 is 0 Å². The van der Waals surface area contributed by atoms with Gasteiger partial charge in [-0.1, -0.05) is 13.0 Å². The van der Waals surface area contributed by atoms with Gasteiger partial charge < -0.3 is 5.32 Å². The van der Waals surface area contributed by atoms with Gasteiger partial charge in [0.1, 0.15) is 0 Å². The molecule has 0 aromatic heterocycles. The molecule has 1 aromatic carbocycles. The Morgan fingerprint density at radius 3 is 2.59 bits per heavy atom. The van der Waals surface area contributed by atoms with Gasteiger partial charge in [0, 0.05) is 18.0 Å². The second-order valence-electron chi connectivity index (χ2n) is 3.68. The molecule has 1 aromatic rings. The van der Waals surface area contributed by atoms with Crippen LogP contribution in [0.2, 0.25) is 0 Å². The van der Waals surface area contributed by atoms with Crippen molar-refractivity contribution in [2.75, 3.05) is 6.54 Å². The fourth-order valence-electron chi connectivity index (χ4n) is 1.54. The Hall–Kier alpha value is -1.47. The lowest BCUT2D eigenvalue weighted by Gasteiger charge is -2.17. The molecule has 0 spiro atoms. The standard InChI is InChI=1S/C13H14F3N/c1-3-5-11(17-8-4-2)9-6-7-10(14)13(16)12(9)15/h1,6-7,11,17H,4-5,8H2,2H3. The van der Waals surface area contributed by atoms with Gasteiger partial charge in [-0.2, -0.15) is 0 Å². The smallest absolute Gasteiger partial charge is 0.194 e. The third-order valence-electron chi connectivity index (χ3n) is 2.40. The van der Waals surface area contributed by atoms with Crippen molar-refractivity contribution >= 4 is 0 Å². The third kappa shape index (κ3) is 3.24. The molecule has 4 heteroatoms. The Balaban J connectivity index is 3.02. The van der Waals surface area contributed by atoms with Crippen LogP contribution in [-0.2, 0) is 0 Å². The molecule has 0 aliphatic rings. The molecule has 1 unspecified atom stereocenters. The van der Waals surface area contributed by atoms with Crippen LogP contribution in [0.4, 0.5) is 13.2 Å². The maximum Gasteiger partial charge on any atom is 0.194 e. The highest BCUT2D eigenvalue weighted by Crippen LogP contribution is 2.23. The molecule has 0 radical (unpaired) electrons. The summed E-state index contributed by atoms with van der Waals surface area (Å²) in [6.45, 7) is 2.58. The molecule has 0 bridgehead atoms. The van der Waals surface area contributed by atoms with Crippen molar-refractivity contribution < 1.29 is 13.2 Å². The molecular weight excluding hydrogens is 227 g/mol. The number of hydrogen-bond acceptors (Lipinski definition) is 1. The lowest BCUT2D eigenvalue weighted by atomic mass is 10.0. The van der Waals surface area contributed by atoms with Crippen LogP contribution < -0.4 is 5.32 Å². The van der Waals surface area contributed by atoms with Gasteiger partial charge in [-0.25, -0.2) is 13.2 Å². The maximum atomic E-state index is 13.5. The van der Waals surface area contributed by atoms with Crippen molar-refractivity contribution in [2.24, 2.45) is 0 Å². The van der Waals surface area contributed by atoms with Crippen LogP contribution >= 0.6 is 0 Å².